The molecule has 3 aromatic heterocycles. The molecule has 0 spiro atoms. The van der Waals surface area contributed by atoms with E-state index in [9.17, 15) is 10.1 Å². The minimum Gasteiger partial charge on any atom is -0.472 e. The van der Waals surface area contributed by atoms with Crippen LogP contribution in [0, 0.1) is 18.3 Å². The minimum absolute atomic E-state index is 0.0148. The first kappa shape index (κ1) is 20.8. The number of halogens is 1. The summed E-state index contributed by atoms with van der Waals surface area (Å²) < 4.78 is 6.09. The highest BCUT2D eigenvalue weighted by atomic mass is 35.5. The number of likely N-dealkylation sites (tertiary alicyclic amines) is 1. The van der Waals surface area contributed by atoms with Crippen molar-refractivity contribution in [2.45, 2.75) is 38.8 Å². The first-order valence-electron chi connectivity index (χ1n) is 9.83. The number of aromatic nitrogens is 5. The van der Waals surface area contributed by atoms with E-state index in [0.717, 1.165) is 12.8 Å². The molecule has 4 heterocycles. The van der Waals surface area contributed by atoms with Crippen molar-refractivity contribution in [1.82, 2.24) is 29.9 Å². The zero-order chi connectivity index (χ0) is 22.0. The number of hydrogen-bond acceptors (Lipinski definition) is 7. The molecular formula is C21H20ClN7O2. The summed E-state index contributed by atoms with van der Waals surface area (Å²) in [6.07, 6.45) is 7.35. The second-order valence-corrected chi connectivity index (χ2v) is 7.75. The Morgan fingerprint density at radius 2 is 2.03 bits per heavy atom. The van der Waals surface area contributed by atoms with Crippen LogP contribution in [0.25, 0.3) is 5.69 Å². The van der Waals surface area contributed by atoms with Gasteiger partial charge in [0.1, 0.15) is 16.9 Å². The van der Waals surface area contributed by atoms with Crippen LogP contribution in [0.15, 0.2) is 36.9 Å². The molecule has 158 valence electrons. The highest BCUT2D eigenvalue weighted by Crippen LogP contribution is 2.27. The Morgan fingerprint density at radius 1 is 1.26 bits per heavy atom. The van der Waals surface area contributed by atoms with E-state index in [-0.39, 0.29) is 23.2 Å². The van der Waals surface area contributed by atoms with E-state index in [4.69, 9.17) is 16.3 Å². The lowest BCUT2D eigenvalue weighted by Gasteiger charge is -2.38. The maximum absolute atomic E-state index is 13.5. The van der Waals surface area contributed by atoms with E-state index in [1.165, 1.54) is 23.4 Å². The lowest BCUT2D eigenvalue weighted by Crippen LogP contribution is -2.49. The maximum Gasteiger partial charge on any atom is 0.258 e. The second kappa shape index (κ2) is 8.70. The molecule has 1 saturated heterocycles. The molecule has 1 amide bonds. The fourth-order valence-electron chi connectivity index (χ4n) is 3.61. The predicted octanol–water partition coefficient (Wildman–Crippen LogP) is 2.96. The van der Waals surface area contributed by atoms with Gasteiger partial charge in [0.15, 0.2) is 0 Å². The summed E-state index contributed by atoms with van der Waals surface area (Å²) in [7, 11) is 0. The molecule has 31 heavy (non-hydrogen) atoms. The van der Waals surface area contributed by atoms with Crippen LogP contribution in [-0.2, 0) is 0 Å². The van der Waals surface area contributed by atoms with Crippen LogP contribution in [0.5, 0.6) is 5.88 Å². The van der Waals surface area contributed by atoms with Crippen molar-refractivity contribution in [2.24, 2.45) is 0 Å². The summed E-state index contributed by atoms with van der Waals surface area (Å²) in [5, 5.41) is 17.7. The highest BCUT2D eigenvalue weighted by Gasteiger charge is 2.33. The lowest BCUT2D eigenvalue weighted by atomic mass is 10.00. The van der Waals surface area contributed by atoms with E-state index >= 15 is 0 Å². The van der Waals surface area contributed by atoms with Crippen LogP contribution in [0.1, 0.15) is 41.3 Å². The Hall–Kier alpha value is -3.51. The normalized spacial score (nSPS) is 18.5. The third-order valence-corrected chi connectivity index (χ3v) is 5.58. The number of piperidine rings is 1. The topological polar surface area (TPSA) is 110 Å². The Labute approximate surface area is 184 Å². The molecule has 1 aliphatic heterocycles. The van der Waals surface area contributed by atoms with Gasteiger partial charge in [-0.15, -0.1) is 0 Å². The molecule has 0 aliphatic carbocycles. The van der Waals surface area contributed by atoms with Crippen molar-refractivity contribution in [1.29, 1.82) is 5.26 Å². The summed E-state index contributed by atoms with van der Waals surface area (Å²) in [6, 6.07) is 5.37. The van der Waals surface area contributed by atoms with Crippen LogP contribution in [0.3, 0.4) is 0 Å². The van der Waals surface area contributed by atoms with Gasteiger partial charge in [-0.1, -0.05) is 11.6 Å². The van der Waals surface area contributed by atoms with Crippen LogP contribution >= 0.6 is 11.6 Å². The number of nitriles is 1. The number of pyridine rings is 2. The van der Waals surface area contributed by atoms with Gasteiger partial charge < -0.3 is 9.64 Å². The number of carbonyl (C=O) groups is 1. The van der Waals surface area contributed by atoms with Gasteiger partial charge in [-0.2, -0.15) is 20.3 Å². The molecule has 0 aromatic carbocycles. The van der Waals surface area contributed by atoms with Crippen LogP contribution in [0.4, 0.5) is 0 Å². The zero-order valence-corrected chi connectivity index (χ0v) is 17.8. The van der Waals surface area contributed by atoms with Gasteiger partial charge in [-0.3, -0.25) is 4.79 Å². The van der Waals surface area contributed by atoms with Gasteiger partial charge in [0.05, 0.1) is 36.1 Å². The molecule has 1 fully saturated rings. The number of carbonyl (C=O) groups excluding carboxylic acids is 1. The SMILES string of the molecule is Cc1c(C#N)ccnc1OC1CC[C@@H](C)N(C(=O)c2cnc(Cl)cc2-n2nccn2)C1. The molecule has 9 nitrogen and oxygen atoms in total. The Bertz CT molecular complexity index is 1140. The fraction of sp³-hybridized carbons (Fsp3) is 0.333. The summed E-state index contributed by atoms with van der Waals surface area (Å²) >= 11 is 6.05. The third-order valence-electron chi connectivity index (χ3n) is 5.37. The standard InChI is InChI=1S/C21H20ClN7O2/c1-13-3-4-16(31-20-14(2)15(10-23)5-6-24-20)12-28(13)21(30)17-11-25-19(22)9-18(17)29-26-7-8-27-29/h5-9,11,13,16H,3-4,12H2,1-2H3/t13-,16?/m1/s1. The Balaban J connectivity index is 1.59. The van der Waals surface area contributed by atoms with E-state index in [0.29, 0.717) is 34.8 Å². The molecule has 0 radical (unpaired) electrons. The second-order valence-electron chi connectivity index (χ2n) is 7.37. The van der Waals surface area contributed by atoms with Crippen molar-refractivity contribution >= 4 is 17.5 Å². The molecule has 2 atom stereocenters. The first-order valence-corrected chi connectivity index (χ1v) is 10.2. The minimum atomic E-state index is -0.244. The zero-order valence-electron chi connectivity index (χ0n) is 17.1. The molecule has 0 bridgehead atoms. The average molecular weight is 438 g/mol. The first-order chi connectivity index (χ1) is 15.0. The number of hydrogen-bond donors (Lipinski definition) is 0. The molecule has 0 saturated carbocycles. The number of rotatable bonds is 4. The smallest absolute Gasteiger partial charge is 0.258 e. The van der Waals surface area contributed by atoms with Crippen molar-refractivity contribution in [3.63, 3.8) is 0 Å². The largest absolute Gasteiger partial charge is 0.472 e. The fourth-order valence-corrected chi connectivity index (χ4v) is 3.76. The van der Waals surface area contributed by atoms with E-state index in [1.54, 1.807) is 30.2 Å². The van der Waals surface area contributed by atoms with Gasteiger partial charge in [0, 0.05) is 30.1 Å². The van der Waals surface area contributed by atoms with Crippen molar-refractivity contribution in [3.8, 4) is 17.6 Å². The Morgan fingerprint density at radius 3 is 2.77 bits per heavy atom. The predicted molar refractivity (Wildman–Crippen MR) is 112 cm³/mol. The Kier molecular flexibility index (Phi) is 5.82. The molecule has 1 unspecified atom stereocenters. The van der Waals surface area contributed by atoms with Gasteiger partial charge in [0.2, 0.25) is 5.88 Å². The quantitative estimate of drug-likeness (QED) is 0.577. The van der Waals surface area contributed by atoms with Gasteiger partial charge >= 0.3 is 0 Å². The molecule has 3 aromatic rings. The number of nitrogens with zero attached hydrogens (tertiary/aromatic N) is 7. The van der Waals surface area contributed by atoms with Crippen molar-refractivity contribution in [3.05, 3.63) is 58.8 Å². The van der Waals surface area contributed by atoms with E-state index < -0.39 is 0 Å². The summed E-state index contributed by atoms with van der Waals surface area (Å²) in [5.74, 6) is 0.216. The molecule has 10 heteroatoms. The van der Waals surface area contributed by atoms with Crippen LogP contribution in [0.2, 0.25) is 5.15 Å². The van der Waals surface area contributed by atoms with E-state index in [1.807, 2.05) is 6.92 Å². The summed E-state index contributed by atoms with van der Waals surface area (Å²) in [4.78, 5) is 24.9. The van der Waals surface area contributed by atoms with Gasteiger partial charge in [-0.25, -0.2) is 9.97 Å². The molecular weight excluding hydrogens is 418 g/mol. The average Bonchev–Trinajstić information content (AvgIpc) is 3.31. The van der Waals surface area contributed by atoms with Crippen LogP contribution < -0.4 is 4.74 Å². The van der Waals surface area contributed by atoms with Crippen molar-refractivity contribution in [2.75, 3.05) is 6.54 Å². The number of ether oxygens (including phenoxy) is 1. The molecule has 0 N–H and O–H groups in total. The molecule has 1 aliphatic rings. The number of amides is 1. The maximum atomic E-state index is 13.5. The lowest BCUT2D eigenvalue weighted by molar-refractivity contribution is 0.0370. The monoisotopic (exact) mass is 437 g/mol. The van der Waals surface area contributed by atoms with E-state index in [2.05, 4.69) is 26.2 Å². The highest BCUT2D eigenvalue weighted by molar-refractivity contribution is 6.29. The van der Waals surface area contributed by atoms with Crippen molar-refractivity contribution < 1.29 is 9.53 Å². The molecule has 4 rings (SSSR count). The van der Waals surface area contributed by atoms with Crippen LogP contribution in [-0.4, -0.2) is 54.5 Å². The summed E-state index contributed by atoms with van der Waals surface area (Å²) in [5.41, 5.74) is 2.03. The third kappa shape index (κ3) is 4.20. The summed E-state index contributed by atoms with van der Waals surface area (Å²) in [6.45, 7) is 4.19. The van der Waals surface area contributed by atoms with Gasteiger partial charge in [-0.05, 0) is 32.8 Å². The van der Waals surface area contributed by atoms with Gasteiger partial charge in [0.25, 0.3) is 5.91 Å².